The first-order valence-corrected chi connectivity index (χ1v) is 10.1. The van der Waals surface area contributed by atoms with Gasteiger partial charge in [0, 0.05) is 36.7 Å². The summed E-state index contributed by atoms with van der Waals surface area (Å²) in [5.74, 6) is -2.03. The van der Waals surface area contributed by atoms with Crippen molar-refractivity contribution < 1.29 is 24.6 Å². The quantitative estimate of drug-likeness (QED) is 0.564. The molecule has 0 radical (unpaired) electrons. The van der Waals surface area contributed by atoms with E-state index in [1.165, 1.54) is 16.7 Å². The Balaban J connectivity index is 1.72. The highest BCUT2D eigenvalue weighted by molar-refractivity contribution is 8.03. The summed E-state index contributed by atoms with van der Waals surface area (Å²) in [4.78, 5) is 39.9. The van der Waals surface area contributed by atoms with Crippen LogP contribution in [0.3, 0.4) is 0 Å². The van der Waals surface area contributed by atoms with Crippen LogP contribution in [0.4, 0.5) is 0 Å². The predicted molar refractivity (Wildman–Crippen MR) is 101 cm³/mol. The summed E-state index contributed by atoms with van der Waals surface area (Å²) in [5.41, 5.74) is 0.0610. The van der Waals surface area contributed by atoms with Crippen LogP contribution in [0.15, 0.2) is 10.6 Å². The Morgan fingerprint density at radius 2 is 2.00 bits per heavy atom. The van der Waals surface area contributed by atoms with Gasteiger partial charge >= 0.3 is 5.97 Å². The van der Waals surface area contributed by atoms with Gasteiger partial charge in [0.25, 0.3) is 0 Å². The van der Waals surface area contributed by atoms with Crippen LogP contribution in [-0.2, 0) is 14.4 Å². The van der Waals surface area contributed by atoms with E-state index >= 15 is 0 Å². The standard InChI is InChI=1S/C18H27N3O5S/c1-8-13-12(9(2)22)17(24)21(13)14(18(25)26)15(8)27-10-5-6-11(19-7-10)16(23)20(3)4/h8-13,19,22H,5-7H2,1-4H3,(H,25,26)/t8-,9-,10+,11+,12-,13-/m1/s1. The molecule has 3 heterocycles. The lowest BCUT2D eigenvalue weighted by molar-refractivity contribution is -0.163. The second-order valence-electron chi connectivity index (χ2n) is 7.78. The number of hydrogen-bond donors (Lipinski definition) is 3. The monoisotopic (exact) mass is 397 g/mol. The number of amides is 2. The number of aliphatic hydroxyl groups is 1. The molecule has 0 unspecified atom stereocenters. The Labute approximate surface area is 163 Å². The third-order valence-corrected chi connectivity index (χ3v) is 7.27. The van der Waals surface area contributed by atoms with Crippen molar-refractivity contribution in [2.24, 2.45) is 11.8 Å². The molecule has 6 atom stereocenters. The summed E-state index contributed by atoms with van der Waals surface area (Å²) in [5, 5.41) is 23.0. The maximum Gasteiger partial charge on any atom is 0.353 e. The van der Waals surface area contributed by atoms with Crippen molar-refractivity contribution in [2.75, 3.05) is 20.6 Å². The van der Waals surface area contributed by atoms with Crippen molar-refractivity contribution in [2.45, 2.75) is 50.1 Å². The number of β-lactam (4-membered cyclic amide) rings is 1. The summed E-state index contributed by atoms with van der Waals surface area (Å²) in [6.45, 7) is 4.11. The van der Waals surface area contributed by atoms with Gasteiger partial charge in [-0.15, -0.1) is 11.8 Å². The number of hydrogen-bond acceptors (Lipinski definition) is 6. The zero-order valence-electron chi connectivity index (χ0n) is 16.0. The van der Waals surface area contributed by atoms with Crippen LogP contribution in [-0.4, -0.2) is 81.9 Å². The normalized spacial score (nSPS) is 34.2. The number of carbonyl (C=O) groups excluding carboxylic acids is 2. The molecule has 2 saturated heterocycles. The molecule has 3 aliphatic rings. The molecule has 2 amide bonds. The molecule has 27 heavy (non-hydrogen) atoms. The minimum absolute atomic E-state index is 0.0488. The van der Waals surface area contributed by atoms with Gasteiger partial charge < -0.3 is 25.3 Å². The summed E-state index contributed by atoms with van der Waals surface area (Å²) in [6.07, 6.45) is 0.694. The molecule has 0 saturated carbocycles. The first kappa shape index (κ1) is 20.2. The van der Waals surface area contributed by atoms with Crippen molar-refractivity contribution in [1.29, 1.82) is 0 Å². The highest BCUT2D eigenvalue weighted by atomic mass is 32.2. The van der Waals surface area contributed by atoms with E-state index in [0.717, 1.165) is 6.42 Å². The summed E-state index contributed by atoms with van der Waals surface area (Å²) >= 11 is 1.49. The Kier molecular flexibility index (Phi) is 5.56. The number of nitrogens with zero attached hydrogens (tertiary/aromatic N) is 2. The first-order chi connectivity index (χ1) is 12.6. The number of thioether (sulfide) groups is 1. The van der Waals surface area contributed by atoms with Crippen LogP contribution in [0.2, 0.25) is 0 Å². The zero-order chi connectivity index (χ0) is 20.0. The average molecular weight is 397 g/mol. The van der Waals surface area contributed by atoms with Crippen LogP contribution >= 0.6 is 11.8 Å². The van der Waals surface area contributed by atoms with E-state index in [2.05, 4.69) is 5.32 Å². The molecular formula is C18H27N3O5S. The number of likely N-dealkylation sites (N-methyl/N-ethyl adjacent to an activating group) is 1. The van der Waals surface area contributed by atoms with Gasteiger partial charge in [0.1, 0.15) is 5.70 Å². The second kappa shape index (κ2) is 7.44. The van der Waals surface area contributed by atoms with Crippen molar-refractivity contribution in [1.82, 2.24) is 15.1 Å². The van der Waals surface area contributed by atoms with Crippen LogP contribution in [0, 0.1) is 11.8 Å². The van der Waals surface area contributed by atoms with Crippen molar-refractivity contribution in [3.05, 3.63) is 10.6 Å². The van der Waals surface area contributed by atoms with Gasteiger partial charge in [-0.3, -0.25) is 9.59 Å². The van der Waals surface area contributed by atoms with Gasteiger partial charge in [-0.1, -0.05) is 6.92 Å². The smallest absolute Gasteiger partial charge is 0.353 e. The van der Waals surface area contributed by atoms with Gasteiger partial charge in [0.15, 0.2) is 0 Å². The van der Waals surface area contributed by atoms with E-state index < -0.39 is 18.0 Å². The minimum Gasteiger partial charge on any atom is -0.477 e. The first-order valence-electron chi connectivity index (χ1n) is 9.25. The lowest BCUT2D eigenvalue weighted by atomic mass is 9.79. The van der Waals surface area contributed by atoms with Crippen molar-refractivity contribution >= 4 is 29.5 Å². The molecule has 3 rings (SSSR count). The maximum absolute atomic E-state index is 12.4. The third kappa shape index (κ3) is 3.36. The SMILES string of the molecule is C[C@@H](O)[C@H]1C(=O)N2C(C(=O)O)=C(S[C@H]3CC[C@@H](C(=O)N(C)C)NC3)[C@H](C)[C@H]12. The minimum atomic E-state index is -1.10. The second-order valence-corrected chi connectivity index (χ2v) is 9.12. The maximum atomic E-state index is 12.4. The van der Waals surface area contributed by atoms with Gasteiger partial charge in [0.05, 0.1) is 24.1 Å². The molecule has 0 bridgehead atoms. The molecule has 9 heteroatoms. The molecule has 0 aromatic carbocycles. The van der Waals surface area contributed by atoms with Gasteiger partial charge in [-0.05, 0) is 19.8 Å². The topological polar surface area (TPSA) is 110 Å². The molecule has 150 valence electrons. The van der Waals surface area contributed by atoms with Crippen LogP contribution in [0.1, 0.15) is 26.7 Å². The molecule has 2 fully saturated rings. The molecule has 0 aromatic rings. The summed E-state index contributed by atoms with van der Waals surface area (Å²) in [7, 11) is 3.46. The van der Waals surface area contributed by atoms with Gasteiger partial charge in [0.2, 0.25) is 11.8 Å². The summed E-state index contributed by atoms with van der Waals surface area (Å²) in [6, 6.07) is -0.488. The average Bonchev–Trinajstić information content (AvgIpc) is 2.84. The Morgan fingerprint density at radius 1 is 1.33 bits per heavy atom. The number of carboxylic acid groups (broad SMARTS) is 1. The molecule has 0 aliphatic carbocycles. The van der Waals surface area contributed by atoms with Crippen LogP contribution in [0.5, 0.6) is 0 Å². The van der Waals surface area contributed by atoms with Crippen molar-refractivity contribution in [3.63, 3.8) is 0 Å². The number of aliphatic carboxylic acids is 1. The molecule has 0 spiro atoms. The fourth-order valence-electron chi connectivity index (χ4n) is 4.31. The number of nitrogens with one attached hydrogen (secondary N) is 1. The number of rotatable bonds is 5. The zero-order valence-corrected chi connectivity index (χ0v) is 16.8. The van der Waals surface area contributed by atoms with Gasteiger partial charge in [-0.2, -0.15) is 0 Å². The van der Waals surface area contributed by atoms with Gasteiger partial charge in [-0.25, -0.2) is 4.79 Å². The Morgan fingerprint density at radius 3 is 2.48 bits per heavy atom. The molecule has 3 N–H and O–H groups in total. The number of aliphatic hydroxyl groups excluding tert-OH is 1. The lowest BCUT2D eigenvalue weighted by Crippen LogP contribution is -2.63. The molecule has 8 nitrogen and oxygen atoms in total. The summed E-state index contributed by atoms with van der Waals surface area (Å²) < 4.78 is 0. The van der Waals surface area contributed by atoms with E-state index in [1.54, 1.807) is 25.9 Å². The molecule has 3 aliphatic heterocycles. The number of piperidine rings is 1. The Bertz CT molecular complexity index is 684. The van der Waals surface area contributed by atoms with E-state index in [0.29, 0.717) is 17.9 Å². The molecule has 0 aromatic heterocycles. The third-order valence-electron chi connectivity index (χ3n) is 5.71. The van der Waals surface area contributed by atoms with Crippen molar-refractivity contribution in [3.8, 4) is 0 Å². The number of carbonyl (C=O) groups is 3. The van der Waals surface area contributed by atoms with Crippen LogP contribution in [0.25, 0.3) is 0 Å². The molecular weight excluding hydrogens is 370 g/mol. The highest BCUT2D eigenvalue weighted by Crippen LogP contribution is 2.51. The fraction of sp³-hybridized carbons (Fsp3) is 0.722. The fourth-order valence-corrected chi connectivity index (χ4v) is 5.76. The van der Waals surface area contributed by atoms with E-state index in [4.69, 9.17) is 0 Å². The number of fused-ring (bicyclic) bond motifs is 1. The van der Waals surface area contributed by atoms with E-state index in [1.807, 2.05) is 6.92 Å². The van der Waals surface area contributed by atoms with E-state index in [-0.39, 0.29) is 40.8 Å². The van der Waals surface area contributed by atoms with Crippen LogP contribution < -0.4 is 5.32 Å². The largest absolute Gasteiger partial charge is 0.477 e. The lowest BCUT2D eigenvalue weighted by Gasteiger charge is -2.46. The predicted octanol–water partition coefficient (Wildman–Crippen LogP) is 0.0821. The highest BCUT2D eigenvalue weighted by Gasteiger charge is 2.60. The number of carboxylic acids is 1. The Hall–Kier alpha value is -1.58. The van der Waals surface area contributed by atoms with E-state index in [9.17, 15) is 24.6 Å².